The van der Waals surface area contributed by atoms with Crippen LogP contribution >= 0.6 is 15.9 Å². The highest BCUT2D eigenvalue weighted by molar-refractivity contribution is 9.10. The topological polar surface area (TPSA) is 47.1 Å². The molecule has 1 heterocycles. The van der Waals surface area contributed by atoms with Gasteiger partial charge in [0.1, 0.15) is 5.82 Å². The first-order valence-electron chi connectivity index (χ1n) is 5.75. The summed E-state index contributed by atoms with van der Waals surface area (Å²) in [6, 6.07) is 5.89. The smallest absolute Gasteiger partial charge is 0.122 e. The monoisotopic (exact) mass is 308 g/mol. The molecule has 0 saturated carbocycles. The van der Waals surface area contributed by atoms with Crippen molar-refractivity contribution in [2.45, 2.75) is 13.1 Å². The summed E-state index contributed by atoms with van der Waals surface area (Å²) in [5.41, 5.74) is 7.93. The van der Waals surface area contributed by atoms with Crippen molar-refractivity contribution >= 4 is 21.6 Å². The fourth-order valence-electron chi connectivity index (χ4n) is 1.86. The number of rotatable bonds is 4. The molecule has 1 aromatic heterocycles. The average molecular weight is 309 g/mol. The van der Waals surface area contributed by atoms with Crippen molar-refractivity contribution in [3.05, 3.63) is 46.5 Å². The standard InChI is InChI=1S/C13H17BrN4/c1-17(9-13-16-6-7-18(13)2)8-10-11(14)4-3-5-12(10)15/h3-7H,8-9,15H2,1-2H3. The van der Waals surface area contributed by atoms with E-state index < -0.39 is 0 Å². The molecule has 0 aliphatic heterocycles. The van der Waals surface area contributed by atoms with Crippen molar-refractivity contribution in [1.82, 2.24) is 14.5 Å². The van der Waals surface area contributed by atoms with E-state index in [-0.39, 0.29) is 0 Å². The third-order valence-corrected chi connectivity index (χ3v) is 3.66. The van der Waals surface area contributed by atoms with Gasteiger partial charge in [-0.25, -0.2) is 4.98 Å². The van der Waals surface area contributed by atoms with Crippen LogP contribution in [0.3, 0.4) is 0 Å². The fraction of sp³-hybridized carbons (Fsp3) is 0.308. The zero-order valence-corrected chi connectivity index (χ0v) is 12.2. The van der Waals surface area contributed by atoms with Crippen LogP contribution in [-0.2, 0) is 20.1 Å². The fourth-order valence-corrected chi connectivity index (χ4v) is 2.37. The number of aromatic nitrogens is 2. The Kier molecular flexibility index (Phi) is 4.04. The van der Waals surface area contributed by atoms with E-state index in [4.69, 9.17) is 5.73 Å². The SMILES string of the molecule is CN(Cc1c(N)cccc1Br)Cc1nccn1C. The summed E-state index contributed by atoms with van der Waals surface area (Å²) in [4.78, 5) is 6.51. The van der Waals surface area contributed by atoms with Gasteiger partial charge in [-0.1, -0.05) is 22.0 Å². The highest BCUT2D eigenvalue weighted by atomic mass is 79.9. The molecule has 0 saturated heterocycles. The summed E-state index contributed by atoms with van der Waals surface area (Å²) in [5, 5.41) is 0. The molecular formula is C13H17BrN4. The lowest BCUT2D eigenvalue weighted by atomic mass is 10.1. The molecule has 0 unspecified atom stereocenters. The maximum absolute atomic E-state index is 6.00. The van der Waals surface area contributed by atoms with Gasteiger partial charge in [0.2, 0.25) is 0 Å². The van der Waals surface area contributed by atoms with Gasteiger partial charge in [-0.3, -0.25) is 4.90 Å². The van der Waals surface area contributed by atoms with Gasteiger partial charge in [0, 0.05) is 41.7 Å². The van der Waals surface area contributed by atoms with E-state index in [2.05, 4.69) is 32.9 Å². The van der Waals surface area contributed by atoms with Gasteiger partial charge in [0.25, 0.3) is 0 Å². The first-order chi connectivity index (χ1) is 8.58. The highest BCUT2D eigenvalue weighted by Crippen LogP contribution is 2.24. The second-order valence-electron chi connectivity index (χ2n) is 4.43. The molecule has 4 nitrogen and oxygen atoms in total. The zero-order valence-electron chi connectivity index (χ0n) is 10.6. The number of nitrogen functional groups attached to an aromatic ring is 1. The number of benzene rings is 1. The Bertz CT molecular complexity index is 515. The highest BCUT2D eigenvalue weighted by Gasteiger charge is 2.09. The van der Waals surface area contributed by atoms with Crippen LogP contribution in [0.25, 0.3) is 0 Å². The van der Waals surface area contributed by atoms with E-state index in [1.54, 1.807) is 0 Å². The molecular weight excluding hydrogens is 292 g/mol. The molecule has 5 heteroatoms. The van der Waals surface area contributed by atoms with E-state index in [0.29, 0.717) is 0 Å². The average Bonchev–Trinajstić information content (AvgIpc) is 2.70. The molecule has 0 aliphatic carbocycles. The van der Waals surface area contributed by atoms with Crippen molar-refractivity contribution in [3.8, 4) is 0 Å². The van der Waals surface area contributed by atoms with Crippen molar-refractivity contribution in [1.29, 1.82) is 0 Å². The molecule has 18 heavy (non-hydrogen) atoms. The minimum atomic E-state index is 0.792. The molecule has 2 rings (SSSR count). The Balaban J connectivity index is 2.08. The van der Waals surface area contributed by atoms with Gasteiger partial charge < -0.3 is 10.3 Å². The Morgan fingerprint density at radius 3 is 2.78 bits per heavy atom. The molecule has 2 N–H and O–H groups in total. The van der Waals surface area contributed by atoms with E-state index in [1.165, 1.54) is 0 Å². The second kappa shape index (κ2) is 5.54. The van der Waals surface area contributed by atoms with Gasteiger partial charge >= 0.3 is 0 Å². The van der Waals surface area contributed by atoms with E-state index in [9.17, 15) is 0 Å². The zero-order chi connectivity index (χ0) is 13.1. The summed E-state index contributed by atoms with van der Waals surface area (Å²) in [7, 11) is 4.07. The van der Waals surface area contributed by atoms with Crippen molar-refractivity contribution in [2.75, 3.05) is 12.8 Å². The predicted octanol–water partition coefficient (Wildman–Crippen LogP) is 2.40. The Hall–Kier alpha value is -1.33. The van der Waals surface area contributed by atoms with Gasteiger partial charge in [-0.05, 0) is 19.2 Å². The first kappa shape index (κ1) is 13.1. The van der Waals surface area contributed by atoms with Crippen molar-refractivity contribution in [2.24, 2.45) is 7.05 Å². The molecule has 0 bridgehead atoms. The Labute approximate surface area is 116 Å². The minimum absolute atomic E-state index is 0.792. The Morgan fingerprint density at radius 1 is 1.39 bits per heavy atom. The number of nitrogens with two attached hydrogens (primary N) is 1. The van der Waals surface area contributed by atoms with Crippen LogP contribution < -0.4 is 5.73 Å². The summed E-state index contributed by atoms with van der Waals surface area (Å²) in [5.74, 6) is 1.04. The number of aryl methyl sites for hydroxylation is 1. The third-order valence-electron chi connectivity index (χ3n) is 2.92. The van der Waals surface area contributed by atoms with Crippen molar-refractivity contribution in [3.63, 3.8) is 0 Å². The number of hydrogen-bond donors (Lipinski definition) is 1. The summed E-state index contributed by atoms with van der Waals surface area (Å²) in [6.45, 7) is 1.59. The molecule has 0 aliphatic rings. The summed E-state index contributed by atoms with van der Waals surface area (Å²) < 4.78 is 3.08. The lowest BCUT2D eigenvalue weighted by Crippen LogP contribution is -2.20. The summed E-state index contributed by atoms with van der Waals surface area (Å²) >= 11 is 3.54. The number of halogens is 1. The third kappa shape index (κ3) is 2.91. The van der Waals surface area contributed by atoms with Crippen LogP contribution in [0.1, 0.15) is 11.4 Å². The number of anilines is 1. The quantitative estimate of drug-likeness (QED) is 0.882. The molecule has 0 fully saturated rings. The molecule has 0 atom stereocenters. The maximum atomic E-state index is 6.00. The lowest BCUT2D eigenvalue weighted by Gasteiger charge is -2.18. The normalized spacial score (nSPS) is 11.1. The predicted molar refractivity (Wildman–Crippen MR) is 76.9 cm³/mol. The number of hydrogen-bond acceptors (Lipinski definition) is 3. The number of nitrogens with zero attached hydrogens (tertiary/aromatic N) is 3. The summed E-state index contributed by atoms with van der Waals surface area (Å²) in [6.07, 6.45) is 3.77. The van der Waals surface area contributed by atoms with Crippen LogP contribution in [0.15, 0.2) is 35.1 Å². The maximum Gasteiger partial charge on any atom is 0.122 e. The second-order valence-corrected chi connectivity index (χ2v) is 5.29. The van der Waals surface area contributed by atoms with E-state index >= 15 is 0 Å². The first-order valence-corrected chi connectivity index (χ1v) is 6.55. The molecule has 0 spiro atoms. The lowest BCUT2D eigenvalue weighted by molar-refractivity contribution is 0.307. The van der Waals surface area contributed by atoms with Gasteiger partial charge in [-0.2, -0.15) is 0 Å². The largest absolute Gasteiger partial charge is 0.398 e. The van der Waals surface area contributed by atoms with Crippen LogP contribution in [0.2, 0.25) is 0 Å². The van der Waals surface area contributed by atoms with Crippen LogP contribution in [0.4, 0.5) is 5.69 Å². The molecule has 2 aromatic rings. The van der Waals surface area contributed by atoms with Crippen LogP contribution in [-0.4, -0.2) is 21.5 Å². The van der Waals surface area contributed by atoms with Crippen LogP contribution in [0, 0.1) is 0 Å². The van der Waals surface area contributed by atoms with Crippen molar-refractivity contribution < 1.29 is 0 Å². The number of imidazole rings is 1. The van der Waals surface area contributed by atoms with Gasteiger partial charge in [-0.15, -0.1) is 0 Å². The van der Waals surface area contributed by atoms with E-state index in [1.807, 2.05) is 42.2 Å². The van der Waals surface area contributed by atoms with Gasteiger partial charge in [0.15, 0.2) is 0 Å². The van der Waals surface area contributed by atoms with E-state index in [0.717, 1.165) is 34.6 Å². The van der Waals surface area contributed by atoms with Gasteiger partial charge in [0.05, 0.1) is 6.54 Å². The molecule has 96 valence electrons. The Morgan fingerprint density at radius 2 is 2.17 bits per heavy atom. The van der Waals surface area contributed by atoms with Crippen LogP contribution in [0.5, 0.6) is 0 Å². The molecule has 0 amide bonds. The molecule has 0 radical (unpaired) electrons. The molecule has 1 aromatic carbocycles. The minimum Gasteiger partial charge on any atom is -0.398 e.